The zero-order chi connectivity index (χ0) is 6.69. The molecule has 0 aromatic rings. The van der Waals surface area contributed by atoms with E-state index in [0.29, 0.717) is 5.92 Å². The summed E-state index contributed by atoms with van der Waals surface area (Å²) in [7, 11) is 0. The lowest BCUT2D eigenvalue weighted by Gasteiger charge is -1.98. The third-order valence-electron chi connectivity index (χ3n) is 1.34. The summed E-state index contributed by atoms with van der Waals surface area (Å²) in [5.41, 5.74) is 0. The first-order valence-electron chi connectivity index (χ1n) is 3.18. The molecular formula is C6H10BrNO. The molecule has 2 nitrogen and oxygen atoms in total. The van der Waals surface area contributed by atoms with Crippen LogP contribution in [0, 0.1) is 5.92 Å². The van der Waals surface area contributed by atoms with Crippen LogP contribution in [0.4, 0.5) is 0 Å². The van der Waals surface area contributed by atoms with E-state index in [1.165, 1.54) is 0 Å². The highest BCUT2D eigenvalue weighted by molar-refractivity contribution is 9.09. The molecular weight excluding hydrogens is 182 g/mol. The standard InChI is InChI=1S/C6H10BrNO/c7-3-4-8-6(9)5-1-2-5/h5H,1-4H2,(H,8,9). The third kappa shape index (κ3) is 2.35. The number of carbonyl (C=O) groups is 1. The van der Waals surface area contributed by atoms with Gasteiger partial charge < -0.3 is 5.32 Å². The van der Waals surface area contributed by atoms with Gasteiger partial charge in [-0.1, -0.05) is 15.9 Å². The Morgan fingerprint density at radius 3 is 2.78 bits per heavy atom. The Labute approximate surface area is 63.1 Å². The van der Waals surface area contributed by atoms with Gasteiger partial charge in [0.2, 0.25) is 5.91 Å². The molecule has 0 spiro atoms. The number of hydrogen-bond donors (Lipinski definition) is 1. The van der Waals surface area contributed by atoms with Crippen molar-refractivity contribution in [2.24, 2.45) is 5.92 Å². The normalized spacial score (nSPS) is 17.4. The van der Waals surface area contributed by atoms with E-state index in [9.17, 15) is 4.79 Å². The molecule has 0 aromatic heterocycles. The summed E-state index contributed by atoms with van der Waals surface area (Å²) in [6.45, 7) is 0.759. The second-order valence-corrected chi connectivity index (χ2v) is 3.05. The smallest absolute Gasteiger partial charge is 0.223 e. The number of hydrogen-bond acceptors (Lipinski definition) is 1. The third-order valence-corrected chi connectivity index (χ3v) is 1.74. The average Bonchev–Trinajstić information content (AvgIpc) is 2.63. The molecule has 0 aromatic carbocycles. The van der Waals surface area contributed by atoms with Crippen molar-refractivity contribution >= 4 is 21.8 Å². The molecule has 0 heterocycles. The maximum Gasteiger partial charge on any atom is 0.223 e. The topological polar surface area (TPSA) is 29.1 Å². The van der Waals surface area contributed by atoms with E-state index in [0.717, 1.165) is 24.7 Å². The highest BCUT2D eigenvalue weighted by Gasteiger charge is 2.28. The van der Waals surface area contributed by atoms with Gasteiger partial charge in [-0.25, -0.2) is 0 Å². The van der Waals surface area contributed by atoms with Gasteiger partial charge in [-0.15, -0.1) is 0 Å². The Kier molecular flexibility index (Phi) is 2.51. The van der Waals surface area contributed by atoms with Crippen molar-refractivity contribution in [1.29, 1.82) is 0 Å². The Morgan fingerprint density at radius 2 is 2.33 bits per heavy atom. The predicted molar refractivity (Wildman–Crippen MR) is 39.5 cm³/mol. The van der Waals surface area contributed by atoms with Crippen molar-refractivity contribution in [3.05, 3.63) is 0 Å². The summed E-state index contributed by atoms with van der Waals surface area (Å²) < 4.78 is 0. The lowest BCUT2D eigenvalue weighted by molar-refractivity contribution is -0.122. The fourth-order valence-electron chi connectivity index (χ4n) is 0.660. The molecule has 0 bridgehead atoms. The zero-order valence-electron chi connectivity index (χ0n) is 5.19. The quantitative estimate of drug-likeness (QED) is 0.661. The number of alkyl halides is 1. The molecule has 0 unspecified atom stereocenters. The number of rotatable bonds is 3. The molecule has 0 atom stereocenters. The summed E-state index contributed by atoms with van der Waals surface area (Å²) in [5.74, 6) is 0.582. The Bertz CT molecular complexity index is 112. The number of nitrogens with one attached hydrogen (secondary N) is 1. The molecule has 1 amide bonds. The Balaban J connectivity index is 2.03. The van der Waals surface area contributed by atoms with E-state index in [1.54, 1.807) is 0 Å². The highest BCUT2D eigenvalue weighted by Crippen LogP contribution is 2.28. The van der Waals surface area contributed by atoms with Crippen molar-refractivity contribution in [2.75, 3.05) is 11.9 Å². The molecule has 1 rings (SSSR count). The Morgan fingerprint density at radius 1 is 1.67 bits per heavy atom. The lowest BCUT2D eigenvalue weighted by Crippen LogP contribution is -2.26. The van der Waals surface area contributed by atoms with Gasteiger partial charge in [-0.05, 0) is 12.8 Å². The van der Waals surface area contributed by atoms with Crippen LogP contribution >= 0.6 is 15.9 Å². The minimum Gasteiger partial charge on any atom is -0.355 e. The second kappa shape index (κ2) is 3.20. The second-order valence-electron chi connectivity index (χ2n) is 2.25. The first kappa shape index (κ1) is 7.06. The fourth-order valence-corrected chi connectivity index (χ4v) is 0.859. The fraction of sp³-hybridized carbons (Fsp3) is 0.833. The van der Waals surface area contributed by atoms with Gasteiger partial charge >= 0.3 is 0 Å². The first-order chi connectivity index (χ1) is 4.34. The first-order valence-corrected chi connectivity index (χ1v) is 4.30. The van der Waals surface area contributed by atoms with Gasteiger partial charge in [0.05, 0.1) is 0 Å². The SMILES string of the molecule is O=C(NCCBr)C1CC1. The molecule has 1 N–H and O–H groups in total. The maximum atomic E-state index is 10.8. The van der Waals surface area contributed by atoms with Crippen LogP contribution in [0.3, 0.4) is 0 Å². The van der Waals surface area contributed by atoms with Crippen LogP contribution in [0.5, 0.6) is 0 Å². The summed E-state index contributed by atoms with van der Waals surface area (Å²) in [6, 6.07) is 0. The van der Waals surface area contributed by atoms with E-state index in [4.69, 9.17) is 0 Å². The van der Waals surface area contributed by atoms with Crippen LogP contribution in [-0.2, 0) is 4.79 Å². The summed E-state index contributed by atoms with van der Waals surface area (Å²) in [5, 5.41) is 3.66. The molecule has 1 aliphatic carbocycles. The van der Waals surface area contributed by atoms with Crippen LogP contribution in [0.15, 0.2) is 0 Å². The van der Waals surface area contributed by atoms with Gasteiger partial charge in [-0.3, -0.25) is 4.79 Å². The highest BCUT2D eigenvalue weighted by atomic mass is 79.9. The monoisotopic (exact) mass is 191 g/mol. The molecule has 1 saturated carbocycles. The zero-order valence-corrected chi connectivity index (χ0v) is 6.78. The van der Waals surface area contributed by atoms with E-state index in [-0.39, 0.29) is 5.91 Å². The minimum absolute atomic E-state index is 0.231. The van der Waals surface area contributed by atoms with Gasteiger partial charge in [0.15, 0.2) is 0 Å². The molecule has 1 aliphatic rings. The van der Waals surface area contributed by atoms with Crippen LogP contribution in [0.25, 0.3) is 0 Å². The largest absolute Gasteiger partial charge is 0.355 e. The van der Waals surface area contributed by atoms with Crippen molar-refractivity contribution in [3.63, 3.8) is 0 Å². The van der Waals surface area contributed by atoms with Crippen LogP contribution < -0.4 is 5.32 Å². The van der Waals surface area contributed by atoms with E-state index in [1.807, 2.05) is 0 Å². The van der Waals surface area contributed by atoms with E-state index < -0.39 is 0 Å². The van der Waals surface area contributed by atoms with Gasteiger partial charge in [0.25, 0.3) is 0 Å². The van der Waals surface area contributed by atoms with Crippen molar-refractivity contribution in [1.82, 2.24) is 5.32 Å². The van der Waals surface area contributed by atoms with Crippen molar-refractivity contribution in [2.45, 2.75) is 12.8 Å². The van der Waals surface area contributed by atoms with E-state index >= 15 is 0 Å². The Hall–Kier alpha value is -0.0500. The van der Waals surface area contributed by atoms with Crippen molar-refractivity contribution < 1.29 is 4.79 Å². The summed E-state index contributed by atoms with van der Waals surface area (Å²) in [6.07, 6.45) is 2.18. The molecule has 9 heavy (non-hydrogen) atoms. The van der Waals surface area contributed by atoms with Crippen LogP contribution in [0.1, 0.15) is 12.8 Å². The molecule has 3 heteroatoms. The van der Waals surface area contributed by atoms with Crippen molar-refractivity contribution in [3.8, 4) is 0 Å². The molecule has 0 aliphatic heterocycles. The van der Waals surface area contributed by atoms with Crippen LogP contribution in [0.2, 0.25) is 0 Å². The summed E-state index contributed by atoms with van der Waals surface area (Å²) in [4.78, 5) is 10.8. The number of carbonyl (C=O) groups excluding carboxylic acids is 1. The van der Waals surface area contributed by atoms with E-state index in [2.05, 4.69) is 21.2 Å². The maximum absolute atomic E-state index is 10.8. The minimum atomic E-state index is 0.231. The predicted octanol–water partition coefficient (Wildman–Crippen LogP) is 0.907. The number of halogens is 1. The van der Waals surface area contributed by atoms with Crippen LogP contribution in [-0.4, -0.2) is 17.8 Å². The van der Waals surface area contributed by atoms with Gasteiger partial charge in [0.1, 0.15) is 0 Å². The van der Waals surface area contributed by atoms with Gasteiger partial charge in [-0.2, -0.15) is 0 Å². The number of amides is 1. The average molecular weight is 192 g/mol. The molecule has 52 valence electrons. The molecule has 0 saturated heterocycles. The molecule has 1 fully saturated rings. The molecule has 0 radical (unpaired) electrons. The lowest BCUT2D eigenvalue weighted by atomic mass is 10.4. The van der Waals surface area contributed by atoms with Gasteiger partial charge in [0, 0.05) is 17.8 Å². The summed E-state index contributed by atoms with van der Waals surface area (Å²) >= 11 is 3.23.